The molecule has 0 saturated carbocycles. The molecule has 0 spiro atoms. The Labute approximate surface area is 173 Å². The summed E-state index contributed by atoms with van der Waals surface area (Å²) >= 11 is 5.24. The zero-order chi connectivity index (χ0) is 16.7. The first-order chi connectivity index (χ1) is 11.1. The van der Waals surface area contributed by atoms with E-state index in [0.717, 1.165) is 28.3 Å². The molecule has 132 valence electrons. The van der Waals surface area contributed by atoms with E-state index in [-0.39, 0.29) is 24.0 Å². The van der Waals surface area contributed by atoms with Crippen LogP contribution in [0.3, 0.4) is 0 Å². The molecule has 0 aliphatic rings. The van der Waals surface area contributed by atoms with Gasteiger partial charge < -0.3 is 15.4 Å². The molecule has 0 aliphatic carbocycles. The van der Waals surface area contributed by atoms with E-state index in [1.54, 1.807) is 25.5 Å². The molecule has 2 rings (SSSR count). The lowest BCUT2D eigenvalue weighted by atomic mass is 10.1. The van der Waals surface area contributed by atoms with Crippen molar-refractivity contribution in [3.63, 3.8) is 0 Å². The highest BCUT2D eigenvalue weighted by Gasteiger charge is 2.07. The van der Waals surface area contributed by atoms with Gasteiger partial charge in [0.05, 0.1) is 11.6 Å². The monoisotopic (exact) mass is 523 g/mol. The van der Waals surface area contributed by atoms with Gasteiger partial charge in [-0.3, -0.25) is 4.99 Å². The number of hydrogen-bond donors (Lipinski definition) is 2. The average molecular weight is 524 g/mol. The summed E-state index contributed by atoms with van der Waals surface area (Å²) in [6.45, 7) is 3.76. The summed E-state index contributed by atoms with van der Waals surface area (Å²) < 4.78 is 6.20. The number of guanidine groups is 1. The Hall–Kier alpha value is -0.800. The van der Waals surface area contributed by atoms with Crippen LogP contribution in [-0.4, -0.2) is 26.7 Å². The van der Waals surface area contributed by atoms with Crippen molar-refractivity contribution in [1.82, 2.24) is 10.6 Å². The van der Waals surface area contributed by atoms with Crippen molar-refractivity contribution >= 4 is 57.2 Å². The normalized spacial score (nSPS) is 12.2. The summed E-state index contributed by atoms with van der Waals surface area (Å²) in [6.07, 6.45) is 0. The molecule has 0 radical (unpaired) electrons. The maximum Gasteiger partial charge on any atom is 0.191 e. The molecular formula is C17H23BrIN3OS. The van der Waals surface area contributed by atoms with Gasteiger partial charge in [0.15, 0.2) is 5.96 Å². The van der Waals surface area contributed by atoms with Crippen molar-refractivity contribution in [2.24, 2.45) is 4.99 Å². The third-order valence-corrected chi connectivity index (χ3v) is 4.91. The van der Waals surface area contributed by atoms with Crippen molar-refractivity contribution in [2.75, 3.05) is 20.7 Å². The summed E-state index contributed by atoms with van der Waals surface area (Å²) in [5, 5.41) is 11.0. The van der Waals surface area contributed by atoms with Crippen LogP contribution in [0.4, 0.5) is 0 Å². The summed E-state index contributed by atoms with van der Waals surface area (Å²) in [5.74, 6) is 2.09. The van der Waals surface area contributed by atoms with Crippen molar-refractivity contribution in [3.05, 3.63) is 50.6 Å². The van der Waals surface area contributed by atoms with E-state index in [2.05, 4.69) is 55.3 Å². The number of nitrogens with one attached hydrogen (secondary N) is 2. The van der Waals surface area contributed by atoms with Crippen molar-refractivity contribution in [3.8, 4) is 5.75 Å². The molecule has 0 bridgehead atoms. The van der Waals surface area contributed by atoms with Gasteiger partial charge in [-0.2, -0.15) is 11.3 Å². The van der Waals surface area contributed by atoms with Crippen LogP contribution in [0.15, 0.2) is 44.5 Å². The molecule has 0 aliphatic heterocycles. The highest BCUT2D eigenvalue weighted by Crippen LogP contribution is 2.25. The third-order valence-electron chi connectivity index (χ3n) is 3.59. The van der Waals surface area contributed by atoms with Gasteiger partial charge >= 0.3 is 0 Å². The molecular weight excluding hydrogens is 501 g/mol. The highest BCUT2D eigenvalue weighted by atomic mass is 127. The van der Waals surface area contributed by atoms with E-state index in [4.69, 9.17) is 4.74 Å². The van der Waals surface area contributed by atoms with Gasteiger partial charge in [-0.05, 0) is 61.9 Å². The van der Waals surface area contributed by atoms with E-state index in [0.29, 0.717) is 12.5 Å². The summed E-state index contributed by atoms with van der Waals surface area (Å²) in [5.41, 5.74) is 2.52. The molecule has 1 aromatic carbocycles. The fraction of sp³-hybridized carbons (Fsp3) is 0.353. The van der Waals surface area contributed by atoms with Gasteiger partial charge in [0.25, 0.3) is 0 Å². The van der Waals surface area contributed by atoms with E-state index in [1.807, 2.05) is 18.2 Å². The Morgan fingerprint density at radius 3 is 2.71 bits per heavy atom. The molecule has 4 nitrogen and oxygen atoms in total. The average Bonchev–Trinajstić information content (AvgIpc) is 3.09. The molecule has 0 amide bonds. The smallest absolute Gasteiger partial charge is 0.191 e. The number of hydrogen-bond acceptors (Lipinski definition) is 3. The second-order valence-electron chi connectivity index (χ2n) is 5.23. The van der Waals surface area contributed by atoms with Crippen LogP contribution in [0.2, 0.25) is 0 Å². The lowest BCUT2D eigenvalue weighted by Gasteiger charge is -2.16. The number of thiophene rings is 1. The Kier molecular flexibility index (Phi) is 9.68. The van der Waals surface area contributed by atoms with Crippen molar-refractivity contribution in [2.45, 2.75) is 19.4 Å². The van der Waals surface area contributed by atoms with Gasteiger partial charge in [0.1, 0.15) is 5.75 Å². The molecule has 0 saturated heterocycles. The Morgan fingerprint density at radius 2 is 2.12 bits per heavy atom. The molecule has 7 heteroatoms. The van der Waals surface area contributed by atoms with Gasteiger partial charge in [-0.1, -0.05) is 13.0 Å². The van der Waals surface area contributed by atoms with E-state index in [1.165, 1.54) is 5.56 Å². The maximum atomic E-state index is 5.24. The fourth-order valence-electron chi connectivity index (χ4n) is 2.15. The second kappa shape index (κ2) is 10.9. The Balaban J connectivity index is 0.00000288. The summed E-state index contributed by atoms with van der Waals surface area (Å²) in [6, 6.07) is 8.21. The SMILES string of the molecule is CN=C(NCc1ccc(OC)c(Br)c1)NCC(C)c1ccsc1.I. The molecule has 1 aromatic heterocycles. The number of benzene rings is 1. The molecule has 2 aromatic rings. The molecule has 0 fully saturated rings. The van der Waals surface area contributed by atoms with Crippen molar-refractivity contribution in [1.29, 1.82) is 0 Å². The van der Waals surface area contributed by atoms with Crippen LogP contribution in [0.25, 0.3) is 0 Å². The fourth-order valence-corrected chi connectivity index (χ4v) is 3.52. The number of nitrogens with zero attached hydrogens (tertiary/aromatic N) is 1. The number of halogens is 2. The Morgan fingerprint density at radius 1 is 1.33 bits per heavy atom. The zero-order valence-electron chi connectivity index (χ0n) is 14.0. The van der Waals surface area contributed by atoms with E-state index < -0.39 is 0 Å². The molecule has 1 unspecified atom stereocenters. The first kappa shape index (κ1) is 21.2. The third kappa shape index (κ3) is 6.25. The maximum absolute atomic E-state index is 5.24. The first-order valence-electron chi connectivity index (χ1n) is 7.43. The molecule has 2 N–H and O–H groups in total. The molecule has 24 heavy (non-hydrogen) atoms. The number of ether oxygens (including phenoxy) is 1. The first-order valence-corrected chi connectivity index (χ1v) is 9.16. The number of aliphatic imine (C=N–C) groups is 1. The minimum Gasteiger partial charge on any atom is -0.496 e. The van der Waals surface area contributed by atoms with Gasteiger partial charge in [0.2, 0.25) is 0 Å². The van der Waals surface area contributed by atoms with Gasteiger partial charge in [0, 0.05) is 20.1 Å². The molecule has 1 atom stereocenters. The standard InChI is InChI=1S/C17H22BrN3OS.HI/c1-12(14-6-7-23-11-14)9-20-17(19-2)21-10-13-4-5-16(22-3)15(18)8-13;/h4-8,11-12H,9-10H2,1-3H3,(H2,19,20,21);1H. The predicted octanol–water partition coefficient (Wildman–Crippen LogP) is 4.61. The molecule has 1 heterocycles. The Bertz CT molecular complexity index is 649. The van der Waals surface area contributed by atoms with Crippen LogP contribution < -0.4 is 15.4 Å². The summed E-state index contributed by atoms with van der Waals surface area (Å²) in [7, 11) is 3.45. The van der Waals surface area contributed by atoms with Crippen LogP contribution in [0.1, 0.15) is 24.0 Å². The minimum absolute atomic E-state index is 0. The van der Waals surface area contributed by atoms with Crippen molar-refractivity contribution < 1.29 is 4.74 Å². The second-order valence-corrected chi connectivity index (χ2v) is 6.87. The lowest BCUT2D eigenvalue weighted by Crippen LogP contribution is -2.38. The number of methoxy groups -OCH3 is 1. The lowest BCUT2D eigenvalue weighted by molar-refractivity contribution is 0.412. The van der Waals surface area contributed by atoms with Gasteiger partial charge in [-0.25, -0.2) is 0 Å². The number of rotatable bonds is 6. The predicted molar refractivity (Wildman–Crippen MR) is 117 cm³/mol. The van der Waals surface area contributed by atoms with E-state index >= 15 is 0 Å². The van der Waals surface area contributed by atoms with Gasteiger partial charge in [-0.15, -0.1) is 24.0 Å². The van der Waals surface area contributed by atoms with Crippen LogP contribution >= 0.6 is 51.2 Å². The largest absolute Gasteiger partial charge is 0.496 e. The van der Waals surface area contributed by atoms with Crippen LogP contribution in [0.5, 0.6) is 5.75 Å². The van der Waals surface area contributed by atoms with E-state index in [9.17, 15) is 0 Å². The minimum atomic E-state index is 0. The quantitative estimate of drug-likeness (QED) is 0.330. The topological polar surface area (TPSA) is 45.7 Å². The summed E-state index contributed by atoms with van der Waals surface area (Å²) in [4.78, 5) is 4.27. The highest BCUT2D eigenvalue weighted by molar-refractivity contribution is 14.0. The zero-order valence-corrected chi connectivity index (χ0v) is 18.7. The van der Waals surface area contributed by atoms with Crippen LogP contribution in [0, 0.1) is 0 Å². The van der Waals surface area contributed by atoms with Crippen LogP contribution in [-0.2, 0) is 6.54 Å².